The molecule has 4 heteroatoms. The maximum absolute atomic E-state index is 9.59. The van der Waals surface area contributed by atoms with Crippen LogP contribution in [-0.2, 0) is 19.1 Å². The van der Waals surface area contributed by atoms with E-state index in [4.69, 9.17) is 0 Å². The smallest absolute Gasteiger partial charge is 0.302 e. The lowest BCUT2D eigenvalue weighted by Gasteiger charge is -1.80. The summed E-state index contributed by atoms with van der Waals surface area (Å²) in [5, 5.41) is 0. The van der Waals surface area contributed by atoms with Crippen LogP contribution in [0.5, 0.6) is 0 Å². The highest BCUT2D eigenvalue weighted by Crippen LogP contribution is 1.79. The summed E-state index contributed by atoms with van der Waals surface area (Å²) in [5.41, 5.74) is 0. The van der Waals surface area contributed by atoms with E-state index in [0.29, 0.717) is 0 Å². The first kappa shape index (κ1) is 30.3. The molecule has 0 radical (unpaired) electrons. The number of carbonyl (C=O) groups excluding carboxylic acids is 2. The minimum Gasteiger partial charge on any atom is -0.469 e. The van der Waals surface area contributed by atoms with Gasteiger partial charge in [-0.2, -0.15) is 0 Å². The van der Waals surface area contributed by atoms with Crippen LogP contribution in [0.15, 0.2) is 36.4 Å². The zero-order chi connectivity index (χ0) is 12.8. The standard InChI is InChI=1S/C6H6.2C3H6O2.3CH4/c1-2-4-6-5-3-1;2*1-3(4)5-2;;;/h1-6H;2*1-2H3;3*1H4. The molecule has 0 aromatic heterocycles. The van der Waals surface area contributed by atoms with Crippen molar-refractivity contribution >= 4 is 11.9 Å². The molecule has 1 aromatic rings. The first-order chi connectivity index (χ1) is 7.54. The lowest BCUT2D eigenvalue weighted by Crippen LogP contribution is -1.88. The number of rotatable bonds is 0. The third-order valence-corrected chi connectivity index (χ3v) is 1.24. The van der Waals surface area contributed by atoms with Gasteiger partial charge in [-0.25, -0.2) is 0 Å². The summed E-state index contributed by atoms with van der Waals surface area (Å²) in [6.45, 7) is 2.72. The quantitative estimate of drug-likeness (QED) is 0.672. The second-order valence-corrected chi connectivity index (χ2v) is 2.55. The van der Waals surface area contributed by atoms with E-state index in [9.17, 15) is 9.59 Å². The van der Waals surface area contributed by atoms with Gasteiger partial charge in [0, 0.05) is 13.8 Å². The number of hydrogen-bond donors (Lipinski definition) is 0. The van der Waals surface area contributed by atoms with Crippen LogP contribution < -0.4 is 0 Å². The number of benzene rings is 1. The molecule has 0 aliphatic heterocycles. The van der Waals surface area contributed by atoms with Crippen LogP contribution in [-0.4, -0.2) is 26.2 Å². The number of methoxy groups -OCH3 is 2. The lowest BCUT2D eigenvalue weighted by molar-refractivity contribution is -0.138. The molecule has 0 fully saturated rings. The molecule has 1 rings (SSSR count). The van der Waals surface area contributed by atoms with Crippen LogP contribution in [0.2, 0.25) is 0 Å². The first-order valence-corrected chi connectivity index (χ1v) is 4.63. The van der Waals surface area contributed by atoms with Crippen molar-refractivity contribution in [2.45, 2.75) is 36.1 Å². The normalized spacial score (nSPS) is 6.11. The fourth-order valence-electron chi connectivity index (χ4n) is 0.385. The van der Waals surface area contributed by atoms with Crippen LogP contribution in [0.3, 0.4) is 0 Å². The van der Waals surface area contributed by atoms with Gasteiger partial charge in [-0.15, -0.1) is 0 Å². The Morgan fingerprint density at radius 2 is 0.737 bits per heavy atom. The van der Waals surface area contributed by atoms with Crippen LogP contribution >= 0.6 is 0 Å². The third kappa shape index (κ3) is 48.7. The summed E-state index contributed by atoms with van der Waals surface area (Å²) in [4.78, 5) is 19.2. The highest BCUT2D eigenvalue weighted by Gasteiger charge is 1.76. The van der Waals surface area contributed by atoms with Gasteiger partial charge in [-0.05, 0) is 0 Å². The van der Waals surface area contributed by atoms with Crippen molar-refractivity contribution in [3.8, 4) is 0 Å². The Morgan fingerprint density at radius 3 is 0.789 bits per heavy atom. The van der Waals surface area contributed by atoms with E-state index in [0.717, 1.165) is 0 Å². The van der Waals surface area contributed by atoms with Gasteiger partial charge in [-0.3, -0.25) is 9.59 Å². The van der Waals surface area contributed by atoms with E-state index in [1.54, 1.807) is 0 Å². The van der Waals surface area contributed by atoms with E-state index in [1.807, 2.05) is 36.4 Å². The Balaban J connectivity index is -0.0000000482. The van der Waals surface area contributed by atoms with Gasteiger partial charge in [0.25, 0.3) is 0 Å². The summed E-state index contributed by atoms with van der Waals surface area (Å²) >= 11 is 0. The van der Waals surface area contributed by atoms with Gasteiger partial charge in [0.1, 0.15) is 0 Å². The number of ether oxygens (including phenoxy) is 2. The molecule has 1 aromatic carbocycles. The maximum Gasteiger partial charge on any atom is 0.302 e. The molecule has 0 atom stereocenters. The SMILES string of the molecule is C.C.C.COC(C)=O.COC(C)=O.c1ccccc1. The van der Waals surface area contributed by atoms with Crippen molar-refractivity contribution in [1.29, 1.82) is 0 Å². The van der Waals surface area contributed by atoms with Crippen molar-refractivity contribution in [2.75, 3.05) is 14.2 Å². The van der Waals surface area contributed by atoms with Gasteiger partial charge in [0.2, 0.25) is 0 Å². The van der Waals surface area contributed by atoms with Crippen molar-refractivity contribution in [1.82, 2.24) is 0 Å². The van der Waals surface area contributed by atoms with Gasteiger partial charge in [-0.1, -0.05) is 58.7 Å². The molecule has 0 N–H and O–H groups in total. The molecule has 0 aliphatic rings. The Labute approximate surface area is 118 Å². The zero-order valence-corrected chi connectivity index (χ0v) is 10.1. The van der Waals surface area contributed by atoms with Gasteiger partial charge in [0.05, 0.1) is 14.2 Å². The highest BCUT2D eigenvalue weighted by molar-refractivity contribution is 5.65. The summed E-state index contributed by atoms with van der Waals surface area (Å²) < 4.78 is 8.22. The van der Waals surface area contributed by atoms with Gasteiger partial charge in [0.15, 0.2) is 0 Å². The van der Waals surface area contributed by atoms with Crippen LogP contribution in [0.4, 0.5) is 0 Å². The molecule has 0 saturated carbocycles. The first-order valence-electron chi connectivity index (χ1n) is 4.63. The van der Waals surface area contributed by atoms with E-state index >= 15 is 0 Å². The van der Waals surface area contributed by atoms with Crippen LogP contribution in [0.25, 0.3) is 0 Å². The van der Waals surface area contributed by atoms with Crippen LogP contribution in [0.1, 0.15) is 36.1 Å². The fraction of sp³-hybridized carbons (Fsp3) is 0.467. The Kier molecular flexibility index (Phi) is 40.1. The molecule has 0 spiro atoms. The van der Waals surface area contributed by atoms with Crippen molar-refractivity contribution < 1.29 is 19.1 Å². The molecule has 0 aliphatic carbocycles. The topological polar surface area (TPSA) is 52.6 Å². The number of carbonyl (C=O) groups is 2. The van der Waals surface area contributed by atoms with E-state index in [1.165, 1.54) is 28.1 Å². The van der Waals surface area contributed by atoms with Crippen LogP contribution in [0, 0.1) is 0 Å². The Bertz CT molecular complexity index is 230. The predicted molar refractivity (Wildman–Crippen MR) is 82.0 cm³/mol. The highest BCUT2D eigenvalue weighted by atomic mass is 16.5. The molecule has 0 saturated heterocycles. The second kappa shape index (κ2) is 25.1. The monoisotopic (exact) mass is 274 g/mol. The van der Waals surface area contributed by atoms with Crippen molar-refractivity contribution in [3.05, 3.63) is 36.4 Å². The Hall–Kier alpha value is -1.84. The minimum atomic E-state index is -0.245. The molecule has 0 bridgehead atoms. The predicted octanol–water partition coefficient (Wildman–Crippen LogP) is 3.95. The minimum absolute atomic E-state index is 0. The average molecular weight is 274 g/mol. The third-order valence-electron chi connectivity index (χ3n) is 1.24. The molecule has 0 unspecified atom stereocenters. The molecule has 0 amide bonds. The van der Waals surface area contributed by atoms with Gasteiger partial charge < -0.3 is 9.47 Å². The number of esters is 2. The van der Waals surface area contributed by atoms with Crippen molar-refractivity contribution in [2.24, 2.45) is 0 Å². The second-order valence-electron chi connectivity index (χ2n) is 2.55. The largest absolute Gasteiger partial charge is 0.469 e. The lowest BCUT2D eigenvalue weighted by atomic mass is 10.4. The average Bonchev–Trinajstić information content (AvgIpc) is 2.32. The van der Waals surface area contributed by atoms with Crippen molar-refractivity contribution in [3.63, 3.8) is 0 Å². The molecule has 0 heterocycles. The maximum atomic E-state index is 9.59. The fourth-order valence-corrected chi connectivity index (χ4v) is 0.385. The zero-order valence-electron chi connectivity index (χ0n) is 10.1. The number of hydrogen-bond acceptors (Lipinski definition) is 4. The molecular formula is C15H30O4. The summed E-state index contributed by atoms with van der Waals surface area (Å²) in [5.74, 6) is -0.491. The molecule has 114 valence electrons. The van der Waals surface area contributed by atoms with E-state index in [2.05, 4.69) is 9.47 Å². The summed E-state index contributed by atoms with van der Waals surface area (Å²) in [6.07, 6.45) is 0. The summed E-state index contributed by atoms with van der Waals surface area (Å²) in [7, 11) is 2.70. The summed E-state index contributed by atoms with van der Waals surface area (Å²) in [6, 6.07) is 12.0. The van der Waals surface area contributed by atoms with Gasteiger partial charge >= 0.3 is 11.9 Å². The molecular weight excluding hydrogens is 244 g/mol. The van der Waals surface area contributed by atoms with E-state index in [-0.39, 0.29) is 34.2 Å². The molecule has 4 nitrogen and oxygen atoms in total. The molecule has 19 heavy (non-hydrogen) atoms. The van der Waals surface area contributed by atoms with E-state index < -0.39 is 0 Å². The Morgan fingerprint density at radius 1 is 0.632 bits per heavy atom.